The molecule has 2 aromatic rings. The van der Waals surface area contributed by atoms with Gasteiger partial charge in [-0.2, -0.15) is 13.2 Å². The SMILES string of the molecule is CC(=O)c1ccc(-c2cccc(S(C)(=O)=O)c2)cc1C(F)(F)F. The maximum absolute atomic E-state index is 13.1. The van der Waals surface area contributed by atoms with E-state index in [2.05, 4.69) is 0 Å². The van der Waals surface area contributed by atoms with E-state index in [1.165, 1.54) is 30.3 Å². The summed E-state index contributed by atoms with van der Waals surface area (Å²) in [5.41, 5.74) is -0.936. The number of rotatable bonds is 3. The molecule has 0 spiro atoms. The molecule has 0 fully saturated rings. The quantitative estimate of drug-likeness (QED) is 0.793. The topological polar surface area (TPSA) is 51.2 Å². The second-order valence-corrected chi connectivity index (χ2v) is 7.13. The zero-order chi connectivity index (χ0) is 17.4. The second kappa shape index (κ2) is 5.81. The van der Waals surface area contributed by atoms with Crippen molar-refractivity contribution >= 4 is 15.6 Å². The standard InChI is InChI=1S/C16H13F3O3S/c1-10(20)14-7-6-12(9-15(14)16(17,18)19)11-4-3-5-13(8-11)23(2,21)22/h3-9H,1-2H3. The minimum atomic E-state index is -4.68. The van der Waals surface area contributed by atoms with Crippen molar-refractivity contribution in [3.05, 3.63) is 53.6 Å². The molecule has 7 heteroatoms. The Balaban J connectivity index is 2.64. The first-order valence-corrected chi connectivity index (χ1v) is 8.42. The third-order valence-corrected chi connectivity index (χ3v) is 4.41. The zero-order valence-electron chi connectivity index (χ0n) is 12.3. The molecule has 0 heterocycles. The van der Waals surface area contributed by atoms with Gasteiger partial charge in [-0.3, -0.25) is 4.79 Å². The number of alkyl halides is 3. The molecule has 0 aromatic heterocycles. The van der Waals surface area contributed by atoms with E-state index < -0.39 is 32.9 Å². The molecule has 0 N–H and O–H groups in total. The summed E-state index contributed by atoms with van der Waals surface area (Å²) in [5, 5.41) is 0. The van der Waals surface area contributed by atoms with Crippen molar-refractivity contribution in [2.24, 2.45) is 0 Å². The highest BCUT2D eigenvalue weighted by Crippen LogP contribution is 2.35. The number of carbonyl (C=O) groups is 1. The number of hydrogen-bond acceptors (Lipinski definition) is 3. The Kier molecular flexibility index (Phi) is 4.34. The zero-order valence-corrected chi connectivity index (χ0v) is 13.1. The molecule has 0 saturated heterocycles. The van der Waals surface area contributed by atoms with Gasteiger partial charge in [-0.15, -0.1) is 0 Å². The van der Waals surface area contributed by atoms with Gasteiger partial charge >= 0.3 is 6.18 Å². The summed E-state index contributed by atoms with van der Waals surface area (Å²) in [6, 6.07) is 8.97. The third kappa shape index (κ3) is 3.79. The van der Waals surface area contributed by atoms with Crippen LogP contribution < -0.4 is 0 Å². The number of benzene rings is 2. The van der Waals surface area contributed by atoms with E-state index in [1.807, 2.05) is 0 Å². The molecule has 0 aliphatic carbocycles. The van der Waals surface area contributed by atoms with Crippen molar-refractivity contribution in [2.75, 3.05) is 6.26 Å². The molecule has 0 aliphatic heterocycles. The number of ketones is 1. The van der Waals surface area contributed by atoms with Crippen LogP contribution in [0.4, 0.5) is 13.2 Å². The molecule has 23 heavy (non-hydrogen) atoms. The number of Topliss-reactive ketones (excluding diaryl/α,β-unsaturated/α-hetero) is 1. The summed E-state index contributed by atoms with van der Waals surface area (Å²) in [7, 11) is -3.47. The first kappa shape index (κ1) is 17.2. The van der Waals surface area contributed by atoms with Crippen LogP contribution in [0.2, 0.25) is 0 Å². The van der Waals surface area contributed by atoms with Crippen LogP contribution in [-0.2, 0) is 16.0 Å². The lowest BCUT2D eigenvalue weighted by Gasteiger charge is -2.13. The van der Waals surface area contributed by atoms with Gasteiger partial charge in [0.15, 0.2) is 15.6 Å². The minimum absolute atomic E-state index is 0.0132. The van der Waals surface area contributed by atoms with Crippen LogP contribution in [0.5, 0.6) is 0 Å². The van der Waals surface area contributed by atoms with E-state index in [9.17, 15) is 26.4 Å². The van der Waals surface area contributed by atoms with Crippen molar-refractivity contribution in [3.8, 4) is 11.1 Å². The van der Waals surface area contributed by atoms with Crippen molar-refractivity contribution in [3.63, 3.8) is 0 Å². The molecule has 0 unspecified atom stereocenters. The third-order valence-electron chi connectivity index (χ3n) is 3.30. The van der Waals surface area contributed by atoms with E-state index in [4.69, 9.17) is 0 Å². The summed E-state index contributed by atoms with van der Waals surface area (Å²) in [6.45, 7) is 1.06. The molecular weight excluding hydrogens is 329 g/mol. The number of hydrogen-bond donors (Lipinski definition) is 0. The molecule has 0 atom stereocenters. The van der Waals surface area contributed by atoms with Crippen LogP contribution in [0.1, 0.15) is 22.8 Å². The molecular formula is C16H13F3O3S. The summed E-state index contributed by atoms with van der Waals surface area (Å²) in [5.74, 6) is -0.686. The molecule has 0 saturated carbocycles. The Bertz CT molecular complexity index is 868. The van der Waals surface area contributed by atoms with Gasteiger partial charge in [-0.05, 0) is 36.2 Å². The van der Waals surface area contributed by atoms with Gasteiger partial charge in [0, 0.05) is 11.8 Å². The molecule has 0 bridgehead atoms. The first-order valence-electron chi connectivity index (χ1n) is 6.53. The largest absolute Gasteiger partial charge is 0.417 e. The van der Waals surface area contributed by atoms with E-state index in [0.717, 1.165) is 25.3 Å². The van der Waals surface area contributed by atoms with Crippen LogP contribution >= 0.6 is 0 Å². The lowest BCUT2D eigenvalue weighted by atomic mass is 9.97. The maximum Gasteiger partial charge on any atom is 0.417 e. The fourth-order valence-electron chi connectivity index (χ4n) is 2.17. The average molecular weight is 342 g/mol. The predicted molar refractivity (Wildman–Crippen MR) is 80.0 cm³/mol. The van der Waals surface area contributed by atoms with Crippen molar-refractivity contribution < 1.29 is 26.4 Å². The maximum atomic E-state index is 13.1. The van der Waals surface area contributed by atoms with Crippen LogP contribution in [-0.4, -0.2) is 20.5 Å². The molecule has 0 radical (unpaired) electrons. The number of halogens is 3. The summed E-state index contributed by atoms with van der Waals surface area (Å²) < 4.78 is 62.5. The van der Waals surface area contributed by atoms with Gasteiger partial charge in [0.05, 0.1) is 10.5 Å². The second-order valence-electron chi connectivity index (χ2n) is 5.11. The van der Waals surface area contributed by atoms with E-state index in [0.29, 0.717) is 5.56 Å². The van der Waals surface area contributed by atoms with Gasteiger partial charge in [0.1, 0.15) is 0 Å². The molecule has 2 rings (SSSR count). The van der Waals surface area contributed by atoms with Crippen LogP contribution in [0.3, 0.4) is 0 Å². The first-order chi connectivity index (χ1) is 10.5. The van der Waals surface area contributed by atoms with Gasteiger partial charge in [-0.1, -0.05) is 24.3 Å². The molecule has 0 amide bonds. The van der Waals surface area contributed by atoms with E-state index in [1.54, 1.807) is 0 Å². The van der Waals surface area contributed by atoms with Gasteiger partial charge in [0.2, 0.25) is 0 Å². The van der Waals surface area contributed by atoms with Gasteiger partial charge < -0.3 is 0 Å². The van der Waals surface area contributed by atoms with E-state index in [-0.39, 0.29) is 10.5 Å². The monoisotopic (exact) mass is 342 g/mol. The molecule has 3 nitrogen and oxygen atoms in total. The summed E-state index contributed by atoms with van der Waals surface area (Å²) in [6.07, 6.45) is -3.66. The minimum Gasteiger partial charge on any atom is -0.294 e. The summed E-state index contributed by atoms with van der Waals surface area (Å²) in [4.78, 5) is 11.4. The molecule has 2 aromatic carbocycles. The molecule has 0 aliphatic rings. The van der Waals surface area contributed by atoms with Crippen LogP contribution in [0.15, 0.2) is 47.4 Å². The Labute approximate surface area is 131 Å². The fourth-order valence-corrected chi connectivity index (χ4v) is 2.84. The Morgan fingerprint density at radius 3 is 2.13 bits per heavy atom. The van der Waals surface area contributed by atoms with Crippen molar-refractivity contribution in [2.45, 2.75) is 18.0 Å². The van der Waals surface area contributed by atoms with Crippen molar-refractivity contribution in [1.82, 2.24) is 0 Å². The Hall–Kier alpha value is -2.15. The highest BCUT2D eigenvalue weighted by Gasteiger charge is 2.34. The number of sulfone groups is 1. The Morgan fingerprint density at radius 1 is 1.00 bits per heavy atom. The van der Waals surface area contributed by atoms with E-state index >= 15 is 0 Å². The highest BCUT2D eigenvalue weighted by molar-refractivity contribution is 7.90. The van der Waals surface area contributed by atoms with Crippen LogP contribution in [0, 0.1) is 0 Å². The van der Waals surface area contributed by atoms with Crippen LogP contribution in [0.25, 0.3) is 11.1 Å². The molecule has 122 valence electrons. The summed E-state index contributed by atoms with van der Waals surface area (Å²) >= 11 is 0. The number of carbonyl (C=O) groups excluding carboxylic acids is 1. The lowest BCUT2D eigenvalue weighted by Crippen LogP contribution is -2.11. The van der Waals surface area contributed by atoms with Gasteiger partial charge in [0.25, 0.3) is 0 Å². The van der Waals surface area contributed by atoms with Crippen molar-refractivity contribution in [1.29, 1.82) is 0 Å². The van der Waals surface area contributed by atoms with Gasteiger partial charge in [-0.25, -0.2) is 8.42 Å². The normalized spacial score (nSPS) is 12.2. The average Bonchev–Trinajstić information content (AvgIpc) is 2.45. The Morgan fingerprint density at radius 2 is 1.61 bits per heavy atom. The lowest BCUT2D eigenvalue weighted by molar-refractivity contribution is -0.137. The highest BCUT2D eigenvalue weighted by atomic mass is 32.2. The fraction of sp³-hybridized carbons (Fsp3) is 0.188. The predicted octanol–water partition coefficient (Wildman–Crippen LogP) is 3.98. The smallest absolute Gasteiger partial charge is 0.294 e.